The van der Waals surface area contributed by atoms with Gasteiger partial charge in [-0.2, -0.15) is 5.10 Å². The van der Waals surface area contributed by atoms with Gasteiger partial charge in [0.05, 0.1) is 22.7 Å². The largest absolute Gasteiger partial charge is 0.367 e. The molecule has 5 rings (SSSR count). The van der Waals surface area contributed by atoms with E-state index in [0.29, 0.717) is 45.8 Å². The first-order valence-electron chi connectivity index (χ1n) is 14.6. The number of rotatable bonds is 9. The molecule has 1 unspecified atom stereocenters. The highest BCUT2D eigenvalue weighted by Gasteiger charge is 2.41. The summed E-state index contributed by atoms with van der Waals surface area (Å²) in [6.45, 7) is 9.96. The fourth-order valence-electron chi connectivity index (χ4n) is 5.63. The number of likely N-dealkylation sites (N-methyl/N-ethyl adjacent to an activating group) is 1. The molecular weight excluding hydrogens is 542 g/mol. The molecule has 2 aliphatic heterocycles. The summed E-state index contributed by atoms with van der Waals surface area (Å²) in [4.78, 5) is 33.4. The second-order valence-electron chi connectivity index (χ2n) is 12.5. The summed E-state index contributed by atoms with van der Waals surface area (Å²) >= 11 is 0. The molecule has 0 bridgehead atoms. The van der Waals surface area contributed by atoms with Crippen molar-refractivity contribution in [3.63, 3.8) is 0 Å². The van der Waals surface area contributed by atoms with Crippen molar-refractivity contribution in [2.45, 2.75) is 56.5 Å². The Kier molecular flexibility index (Phi) is 8.19. The first-order chi connectivity index (χ1) is 19.4. The Morgan fingerprint density at radius 1 is 1.12 bits per heavy atom. The summed E-state index contributed by atoms with van der Waals surface area (Å²) in [5.74, 6) is 0.0549. The number of benzene rings is 1. The third-order valence-electron chi connectivity index (χ3n) is 8.34. The number of carbonyl (C=O) groups excluding carboxylic acids is 2. The molecule has 2 aromatic rings. The molecule has 12 heteroatoms. The fourth-order valence-corrected chi connectivity index (χ4v) is 7.13. The van der Waals surface area contributed by atoms with E-state index in [2.05, 4.69) is 9.62 Å². The van der Waals surface area contributed by atoms with Crippen LogP contribution in [0.2, 0.25) is 0 Å². The number of piperazine rings is 1. The van der Waals surface area contributed by atoms with Gasteiger partial charge in [-0.3, -0.25) is 14.3 Å². The highest BCUT2D eigenvalue weighted by molar-refractivity contribution is 7.89. The van der Waals surface area contributed by atoms with Gasteiger partial charge in [-0.25, -0.2) is 13.1 Å². The summed E-state index contributed by atoms with van der Waals surface area (Å²) in [5.41, 5.74) is 1.15. The van der Waals surface area contributed by atoms with Crippen LogP contribution in [0.5, 0.6) is 0 Å². The molecule has 3 fully saturated rings. The van der Waals surface area contributed by atoms with E-state index in [1.54, 1.807) is 18.2 Å². The topological polar surface area (TPSA) is 111 Å². The van der Waals surface area contributed by atoms with Gasteiger partial charge < -0.3 is 19.6 Å². The van der Waals surface area contributed by atoms with Crippen LogP contribution in [0.25, 0.3) is 10.9 Å². The molecule has 0 radical (unpaired) electrons. The van der Waals surface area contributed by atoms with Gasteiger partial charge in [0, 0.05) is 74.4 Å². The van der Waals surface area contributed by atoms with Crippen molar-refractivity contribution < 1.29 is 18.0 Å². The van der Waals surface area contributed by atoms with Gasteiger partial charge in [-0.15, -0.1) is 0 Å². The van der Waals surface area contributed by atoms with Crippen molar-refractivity contribution in [1.82, 2.24) is 29.2 Å². The SMILES string of the molecule is CC(C)C(=O)N1CCN(c2cc(S(=O)(=O)NC3(C)CC3)cc3c2cnn3C2CCN(C(=O)/C=C/CN(C)C)C2)CC1. The van der Waals surface area contributed by atoms with E-state index in [1.807, 2.05) is 66.5 Å². The number of anilines is 1. The molecule has 1 N–H and O–H groups in total. The average Bonchev–Trinajstić information content (AvgIpc) is 3.30. The number of amides is 2. The quantitative estimate of drug-likeness (QED) is 0.449. The zero-order chi connectivity index (χ0) is 29.5. The van der Waals surface area contributed by atoms with Crippen molar-refractivity contribution in [3.05, 3.63) is 30.5 Å². The predicted molar refractivity (Wildman–Crippen MR) is 159 cm³/mol. The maximum Gasteiger partial charge on any atom is 0.246 e. The molecule has 2 amide bonds. The molecule has 2 saturated heterocycles. The predicted octanol–water partition coefficient (Wildman–Crippen LogP) is 2.06. The highest BCUT2D eigenvalue weighted by atomic mass is 32.2. The maximum atomic E-state index is 13.6. The molecule has 1 aliphatic carbocycles. The van der Waals surface area contributed by atoms with Crippen molar-refractivity contribution in [3.8, 4) is 0 Å². The van der Waals surface area contributed by atoms with Gasteiger partial charge in [0.1, 0.15) is 0 Å². The van der Waals surface area contributed by atoms with Crippen LogP contribution in [0, 0.1) is 5.92 Å². The minimum atomic E-state index is -3.76. The van der Waals surface area contributed by atoms with E-state index in [9.17, 15) is 18.0 Å². The maximum absolute atomic E-state index is 13.6. The molecule has 3 heterocycles. The summed E-state index contributed by atoms with van der Waals surface area (Å²) in [5, 5.41) is 5.61. The Bertz CT molecular complexity index is 1440. The van der Waals surface area contributed by atoms with Crippen LogP contribution in [0.3, 0.4) is 0 Å². The van der Waals surface area contributed by atoms with Gasteiger partial charge in [0.25, 0.3) is 0 Å². The molecule has 1 saturated carbocycles. The minimum Gasteiger partial charge on any atom is -0.367 e. The lowest BCUT2D eigenvalue weighted by atomic mass is 10.1. The summed E-state index contributed by atoms with van der Waals surface area (Å²) in [6.07, 6.45) is 7.68. The zero-order valence-corrected chi connectivity index (χ0v) is 25.7. The van der Waals surface area contributed by atoms with Gasteiger partial charge in [-0.05, 0) is 52.4 Å². The normalized spacial score (nSPS) is 21.1. The van der Waals surface area contributed by atoms with E-state index in [4.69, 9.17) is 5.10 Å². The Morgan fingerprint density at radius 3 is 2.46 bits per heavy atom. The first kappa shape index (κ1) is 29.5. The van der Waals surface area contributed by atoms with E-state index in [0.717, 1.165) is 35.9 Å². The van der Waals surface area contributed by atoms with Gasteiger partial charge in [-0.1, -0.05) is 19.9 Å². The van der Waals surface area contributed by atoms with Crippen molar-refractivity contribution in [2.24, 2.45) is 5.92 Å². The highest BCUT2D eigenvalue weighted by Crippen LogP contribution is 2.38. The second-order valence-corrected chi connectivity index (χ2v) is 14.2. The number of aromatic nitrogens is 2. The summed E-state index contributed by atoms with van der Waals surface area (Å²) in [7, 11) is 0.149. The number of carbonyl (C=O) groups is 2. The minimum absolute atomic E-state index is 0.0227. The Labute approximate surface area is 243 Å². The Morgan fingerprint density at radius 2 is 1.83 bits per heavy atom. The van der Waals surface area contributed by atoms with Crippen molar-refractivity contribution in [1.29, 1.82) is 0 Å². The van der Waals surface area contributed by atoms with Crippen LogP contribution in [0.4, 0.5) is 5.69 Å². The molecule has 224 valence electrons. The number of nitrogens with zero attached hydrogens (tertiary/aromatic N) is 6. The monoisotopic (exact) mass is 585 g/mol. The number of hydrogen-bond donors (Lipinski definition) is 1. The zero-order valence-electron chi connectivity index (χ0n) is 24.8. The standard InChI is InChI=1S/C29H43N7O4S/c1-21(2)28(38)34-15-13-33(14-16-34)25-17-23(41(39,40)31-29(3)9-10-29)18-26-24(25)19-30-36(26)22-8-12-35(20-22)27(37)7-6-11-32(4)5/h6-7,17-19,21-22,31H,8-16,20H2,1-5H3/b7-6+. The number of fused-ring (bicyclic) bond motifs is 1. The van der Waals surface area contributed by atoms with Crippen molar-refractivity contribution in [2.75, 3.05) is 64.8 Å². The lowest BCUT2D eigenvalue weighted by Gasteiger charge is -2.37. The number of sulfonamides is 1. The third-order valence-corrected chi connectivity index (χ3v) is 9.95. The van der Waals surface area contributed by atoms with Gasteiger partial charge in [0.2, 0.25) is 21.8 Å². The molecule has 1 aromatic carbocycles. The lowest BCUT2D eigenvalue weighted by molar-refractivity contribution is -0.134. The van der Waals surface area contributed by atoms with Crippen molar-refractivity contribution >= 4 is 38.4 Å². The third kappa shape index (κ3) is 6.44. The van der Waals surface area contributed by atoms with E-state index in [1.165, 1.54) is 0 Å². The molecule has 1 atom stereocenters. The van der Waals surface area contributed by atoms with E-state index >= 15 is 0 Å². The smallest absolute Gasteiger partial charge is 0.246 e. The molecule has 3 aliphatic rings. The van der Waals surface area contributed by atoms with Crippen LogP contribution in [0.1, 0.15) is 46.1 Å². The fraction of sp³-hybridized carbons (Fsp3) is 0.621. The average molecular weight is 586 g/mol. The van der Waals surface area contributed by atoms with Crippen LogP contribution in [-0.4, -0.2) is 110 Å². The number of likely N-dealkylation sites (tertiary alicyclic amines) is 1. The molecule has 41 heavy (non-hydrogen) atoms. The van der Waals surface area contributed by atoms with E-state index in [-0.39, 0.29) is 28.7 Å². The Hall–Kier alpha value is -2.96. The van der Waals surface area contributed by atoms with Crippen LogP contribution in [0.15, 0.2) is 35.4 Å². The summed E-state index contributed by atoms with van der Waals surface area (Å²) < 4.78 is 31.9. The molecule has 1 aromatic heterocycles. The summed E-state index contributed by atoms with van der Waals surface area (Å²) in [6, 6.07) is 3.42. The number of nitrogens with one attached hydrogen (secondary N) is 1. The second kappa shape index (κ2) is 11.4. The van der Waals surface area contributed by atoms with Gasteiger partial charge >= 0.3 is 0 Å². The Balaban J connectivity index is 1.45. The van der Waals surface area contributed by atoms with Gasteiger partial charge in [0.15, 0.2) is 0 Å². The number of hydrogen-bond acceptors (Lipinski definition) is 7. The molecular formula is C29H43N7O4S. The van der Waals surface area contributed by atoms with Crippen LogP contribution in [-0.2, 0) is 19.6 Å². The molecule has 0 spiro atoms. The first-order valence-corrected chi connectivity index (χ1v) is 16.0. The molecule has 11 nitrogen and oxygen atoms in total. The van der Waals surface area contributed by atoms with Crippen LogP contribution < -0.4 is 9.62 Å². The van der Waals surface area contributed by atoms with Crippen LogP contribution >= 0.6 is 0 Å². The lowest BCUT2D eigenvalue weighted by Crippen LogP contribution is -2.50. The van der Waals surface area contributed by atoms with E-state index < -0.39 is 15.6 Å².